The SMILES string of the molecule is C/C=C/[C@H]1CC[C@H]([C@H]2CC[C@H](C#CCC)CC2)CC1. The monoisotopic (exact) mass is 258 g/mol. The fraction of sp³-hybridized carbons (Fsp3) is 0.789. The Morgan fingerprint density at radius 1 is 0.895 bits per heavy atom. The first-order valence-corrected chi connectivity index (χ1v) is 8.44. The molecular formula is C19H30. The van der Waals surface area contributed by atoms with Gasteiger partial charge in [0.1, 0.15) is 0 Å². The molecule has 0 heterocycles. The molecule has 2 fully saturated rings. The van der Waals surface area contributed by atoms with Gasteiger partial charge in [-0.2, -0.15) is 0 Å². The van der Waals surface area contributed by atoms with Crippen molar-refractivity contribution in [3.05, 3.63) is 12.2 Å². The molecule has 0 aromatic carbocycles. The molecule has 0 N–H and O–H groups in total. The third-order valence-electron chi connectivity index (χ3n) is 5.20. The Hall–Kier alpha value is -0.700. The smallest absolute Gasteiger partial charge is 0.0203 e. The Bertz CT molecular complexity index is 325. The molecule has 2 saturated carbocycles. The minimum absolute atomic E-state index is 0.718. The summed E-state index contributed by atoms with van der Waals surface area (Å²) < 4.78 is 0. The molecule has 0 atom stereocenters. The van der Waals surface area contributed by atoms with Crippen molar-refractivity contribution in [1.29, 1.82) is 0 Å². The zero-order chi connectivity index (χ0) is 13.5. The summed E-state index contributed by atoms with van der Waals surface area (Å²) in [5.74, 6) is 10.4. The number of hydrogen-bond donors (Lipinski definition) is 0. The summed E-state index contributed by atoms with van der Waals surface area (Å²) in [5.41, 5.74) is 0. The molecule has 0 unspecified atom stereocenters. The first-order valence-electron chi connectivity index (χ1n) is 8.44. The molecule has 0 saturated heterocycles. The van der Waals surface area contributed by atoms with Crippen LogP contribution in [0.1, 0.15) is 71.6 Å². The molecule has 2 aliphatic carbocycles. The summed E-state index contributed by atoms with van der Waals surface area (Å²) in [4.78, 5) is 0. The van der Waals surface area contributed by atoms with E-state index < -0.39 is 0 Å². The molecule has 19 heavy (non-hydrogen) atoms. The fourth-order valence-corrected chi connectivity index (χ4v) is 4.06. The summed E-state index contributed by atoms with van der Waals surface area (Å²) in [5, 5.41) is 0. The highest BCUT2D eigenvalue weighted by Crippen LogP contribution is 2.41. The molecule has 0 amide bonds. The molecule has 0 radical (unpaired) electrons. The van der Waals surface area contributed by atoms with Crippen molar-refractivity contribution < 1.29 is 0 Å². The molecule has 0 aromatic rings. The van der Waals surface area contributed by atoms with E-state index in [1.807, 2.05) is 0 Å². The summed E-state index contributed by atoms with van der Waals surface area (Å²) >= 11 is 0. The van der Waals surface area contributed by atoms with Gasteiger partial charge in [-0.05, 0) is 76.0 Å². The number of rotatable bonds is 2. The average molecular weight is 258 g/mol. The van der Waals surface area contributed by atoms with Crippen molar-refractivity contribution in [2.45, 2.75) is 71.6 Å². The predicted octanol–water partition coefficient (Wildman–Crippen LogP) is 5.59. The lowest BCUT2D eigenvalue weighted by Crippen LogP contribution is -2.25. The van der Waals surface area contributed by atoms with Crippen LogP contribution in [0.5, 0.6) is 0 Å². The van der Waals surface area contributed by atoms with E-state index in [0.29, 0.717) is 0 Å². The van der Waals surface area contributed by atoms with Crippen LogP contribution in [0.3, 0.4) is 0 Å². The second kappa shape index (κ2) is 7.78. The van der Waals surface area contributed by atoms with Crippen molar-refractivity contribution in [3.8, 4) is 11.8 Å². The third kappa shape index (κ3) is 4.41. The van der Waals surface area contributed by atoms with Crippen LogP contribution >= 0.6 is 0 Å². The molecule has 0 aliphatic heterocycles. The highest BCUT2D eigenvalue weighted by Gasteiger charge is 2.29. The average Bonchev–Trinajstić information content (AvgIpc) is 2.47. The van der Waals surface area contributed by atoms with Crippen LogP contribution in [0, 0.1) is 35.5 Å². The second-order valence-electron chi connectivity index (χ2n) is 6.49. The first-order chi connectivity index (χ1) is 9.33. The highest BCUT2D eigenvalue weighted by atomic mass is 14.3. The Balaban J connectivity index is 1.73. The van der Waals surface area contributed by atoms with Gasteiger partial charge in [-0.15, -0.1) is 5.92 Å². The maximum absolute atomic E-state index is 3.46. The lowest BCUT2D eigenvalue weighted by Gasteiger charge is -2.36. The third-order valence-corrected chi connectivity index (χ3v) is 5.20. The minimum atomic E-state index is 0.718. The van der Waals surface area contributed by atoms with E-state index in [-0.39, 0.29) is 0 Å². The van der Waals surface area contributed by atoms with Gasteiger partial charge in [-0.1, -0.05) is 25.0 Å². The van der Waals surface area contributed by atoms with Crippen molar-refractivity contribution in [2.75, 3.05) is 0 Å². The maximum atomic E-state index is 3.46. The van der Waals surface area contributed by atoms with E-state index in [9.17, 15) is 0 Å². The zero-order valence-corrected chi connectivity index (χ0v) is 12.8. The van der Waals surface area contributed by atoms with Gasteiger partial charge in [0.2, 0.25) is 0 Å². The van der Waals surface area contributed by atoms with Gasteiger partial charge in [-0.3, -0.25) is 0 Å². The second-order valence-corrected chi connectivity index (χ2v) is 6.49. The molecule has 0 aromatic heterocycles. The van der Waals surface area contributed by atoms with E-state index in [2.05, 4.69) is 37.8 Å². The Morgan fingerprint density at radius 2 is 1.47 bits per heavy atom. The molecular weight excluding hydrogens is 228 g/mol. The van der Waals surface area contributed by atoms with Crippen LogP contribution in [0.15, 0.2) is 12.2 Å². The van der Waals surface area contributed by atoms with Crippen LogP contribution in [0.4, 0.5) is 0 Å². The van der Waals surface area contributed by atoms with Gasteiger partial charge in [-0.25, -0.2) is 0 Å². The van der Waals surface area contributed by atoms with E-state index in [1.165, 1.54) is 51.4 Å². The molecule has 2 aliphatic rings. The van der Waals surface area contributed by atoms with Gasteiger partial charge in [0.25, 0.3) is 0 Å². The standard InChI is InChI=1S/C19H30/c1-3-5-7-17-10-14-19(15-11-17)18-12-8-16(6-4-2)9-13-18/h4,6,16-19H,3,8-15H2,1-2H3/b6-4+/t16-,17-,18-,19-. The minimum Gasteiger partial charge on any atom is -0.103 e. The van der Waals surface area contributed by atoms with Crippen LogP contribution in [0.25, 0.3) is 0 Å². The van der Waals surface area contributed by atoms with Crippen LogP contribution in [0.2, 0.25) is 0 Å². The van der Waals surface area contributed by atoms with Gasteiger partial charge >= 0.3 is 0 Å². The van der Waals surface area contributed by atoms with Crippen molar-refractivity contribution in [1.82, 2.24) is 0 Å². The molecule has 0 nitrogen and oxygen atoms in total. The predicted molar refractivity (Wildman–Crippen MR) is 83.8 cm³/mol. The molecule has 2 rings (SSSR count). The summed E-state index contributed by atoms with van der Waals surface area (Å²) in [6, 6.07) is 0. The highest BCUT2D eigenvalue weighted by molar-refractivity contribution is 5.04. The first kappa shape index (κ1) is 14.7. The lowest BCUT2D eigenvalue weighted by molar-refractivity contribution is 0.168. The van der Waals surface area contributed by atoms with Crippen molar-refractivity contribution in [2.24, 2.45) is 23.7 Å². The molecule has 0 bridgehead atoms. The van der Waals surface area contributed by atoms with Crippen molar-refractivity contribution >= 4 is 0 Å². The summed E-state index contributed by atoms with van der Waals surface area (Å²) in [7, 11) is 0. The fourth-order valence-electron chi connectivity index (χ4n) is 4.06. The molecule has 0 spiro atoms. The topological polar surface area (TPSA) is 0 Å². The zero-order valence-electron chi connectivity index (χ0n) is 12.8. The molecule has 106 valence electrons. The van der Waals surface area contributed by atoms with E-state index in [1.54, 1.807) is 0 Å². The largest absolute Gasteiger partial charge is 0.103 e. The Morgan fingerprint density at radius 3 is 2.00 bits per heavy atom. The van der Waals surface area contributed by atoms with Crippen LogP contribution in [-0.4, -0.2) is 0 Å². The van der Waals surface area contributed by atoms with E-state index in [0.717, 1.165) is 30.1 Å². The van der Waals surface area contributed by atoms with Crippen LogP contribution < -0.4 is 0 Å². The van der Waals surface area contributed by atoms with Gasteiger partial charge < -0.3 is 0 Å². The summed E-state index contributed by atoms with van der Waals surface area (Å²) in [6.45, 7) is 4.31. The summed E-state index contributed by atoms with van der Waals surface area (Å²) in [6.07, 6.45) is 17.1. The Labute approximate surface area is 120 Å². The Kier molecular flexibility index (Phi) is 6.02. The number of allylic oxidation sites excluding steroid dienone is 2. The quantitative estimate of drug-likeness (QED) is 0.447. The van der Waals surface area contributed by atoms with Gasteiger partial charge in [0, 0.05) is 12.3 Å². The maximum Gasteiger partial charge on any atom is 0.0203 e. The van der Waals surface area contributed by atoms with Crippen molar-refractivity contribution in [3.63, 3.8) is 0 Å². The van der Waals surface area contributed by atoms with Gasteiger partial charge in [0.05, 0.1) is 0 Å². The van der Waals surface area contributed by atoms with E-state index in [4.69, 9.17) is 0 Å². The lowest BCUT2D eigenvalue weighted by atomic mass is 9.69. The molecule has 0 heteroatoms. The number of hydrogen-bond acceptors (Lipinski definition) is 0. The van der Waals surface area contributed by atoms with Crippen LogP contribution in [-0.2, 0) is 0 Å². The van der Waals surface area contributed by atoms with E-state index >= 15 is 0 Å². The normalized spacial score (nSPS) is 35.9. The van der Waals surface area contributed by atoms with Gasteiger partial charge in [0.15, 0.2) is 0 Å².